The smallest absolute Gasteiger partial charge is 0.305 e. The highest BCUT2D eigenvalue weighted by Gasteiger charge is 2.13. The van der Waals surface area contributed by atoms with E-state index in [0.29, 0.717) is 30.5 Å². The van der Waals surface area contributed by atoms with Gasteiger partial charge in [0.25, 0.3) is 0 Å². The molecule has 1 fully saturated rings. The third kappa shape index (κ3) is 6.13. The summed E-state index contributed by atoms with van der Waals surface area (Å²) in [5.74, 6) is 1.13. The van der Waals surface area contributed by atoms with Crippen molar-refractivity contribution in [2.24, 2.45) is 0 Å². The molecule has 2 aromatic heterocycles. The van der Waals surface area contributed by atoms with Crippen LogP contribution in [0.3, 0.4) is 0 Å². The molecule has 0 amide bonds. The highest BCUT2D eigenvalue weighted by atomic mass is 16.5. The molecule has 1 aliphatic rings. The zero-order chi connectivity index (χ0) is 23.0. The molecule has 2 N–H and O–H groups in total. The summed E-state index contributed by atoms with van der Waals surface area (Å²) in [6.45, 7) is 4.47. The van der Waals surface area contributed by atoms with Gasteiger partial charge in [-0.3, -0.25) is 4.79 Å². The van der Waals surface area contributed by atoms with Crippen LogP contribution in [0.25, 0.3) is 10.9 Å². The van der Waals surface area contributed by atoms with Crippen molar-refractivity contribution in [3.63, 3.8) is 0 Å². The van der Waals surface area contributed by atoms with E-state index in [0.717, 1.165) is 29.6 Å². The van der Waals surface area contributed by atoms with E-state index in [4.69, 9.17) is 14.6 Å². The number of fused-ring (bicyclic) bond motifs is 1. The van der Waals surface area contributed by atoms with E-state index in [1.54, 1.807) is 7.11 Å². The Hall–Kier alpha value is -3.33. The van der Waals surface area contributed by atoms with Gasteiger partial charge >= 0.3 is 5.97 Å². The molecule has 0 atom stereocenters. The zero-order valence-corrected chi connectivity index (χ0v) is 19.0. The first-order chi connectivity index (χ1) is 16.1. The number of anilines is 2. The fourth-order valence-corrected chi connectivity index (χ4v) is 4.10. The highest BCUT2D eigenvalue weighted by molar-refractivity contribution is 5.93. The molecule has 0 unspecified atom stereocenters. The Morgan fingerprint density at radius 1 is 1.15 bits per heavy atom. The molecular formula is C24H31N5O4. The van der Waals surface area contributed by atoms with Gasteiger partial charge in [-0.1, -0.05) is 6.42 Å². The number of nitrogens with one attached hydrogen (secondary N) is 1. The lowest BCUT2D eigenvalue weighted by atomic mass is 10.1. The largest absolute Gasteiger partial charge is 0.493 e. The monoisotopic (exact) mass is 453 g/mol. The molecule has 0 radical (unpaired) electrons. The van der Waals surface area contributed by atoms with Crippen LogP contribution in [-0.2, 0) is 11.3 Å². The Morgan fingerprint density at radius 2 is 2.00 bits per heavy atom. The van der Waals surface area contributed by atoms with E-state index in [2.05, 4.69) is 20.2 Å². The van der Waals surface area contributed by atoms with Crippen LogP contribution in [0.2, 0.25) is 0 Å². The normalized spacial score (nSPS) is 14.3. The number of likely N-dealkylation sites (tertiary alicyclic amines) is 1. The minimum Gasteiger partial charge on any atom is -0.493 e. The maximum Gasteiger partial charge on any atom is 0.305 e. The molecule has 0 spiro atoms. The summed E-state index contributed by atoms with van der Waals surface area (Å²) >= 11 is 0. The maximum absolute atomic E-state index is 10.8. The Bertz CT molecular complexity index is 1080. The Morgan fingerprint density at radius 3 is 2.79 bits per heavy atom. The van der Waals surface area contributed by atoms with Gasteiger partial charge in [0.15, 0.2) is 11.5 Å². The van der Waals surface area contributed by atoms with E-state index >= 15 is 0 Å². The summed E-state index contributed by atoms with van der Waals surface area (Å²) in [5, 5.41) is 13.0. The number of benzene rings is 1. The van der Waals surface area contributed by atoms with Gasteiger partial charge in [0.1, 0.15) is 12.1 Å². The van der Waals surface area contributed by atoms with Gasteiger partial charge in [-0.05, 0) is 44.5 Å². The van der Waals surface area contributed by atoms with Crippen LogP contribution in [0.1, 0.15) is 32.1 Å². The minimum atomic E-state index is -0.823. The molecule has 9 heteroatoms. The topological polar surface area (TPSA) is 102 Å². The SMILES string of the molecule is COc1cc2c(Nc3ccn(CCC(=O)O)c3)ncnc2cc1OCCCN1CCCCC1. The van der Waals surface area contributed by atoms with Crippen LogP contribution < -0.4 is 14.8 Å². The van der Waals surface area contributed by atoms with Crippen molar-refractivity contribution in [1.82, 2.24) is 19.4 Å². The quantitative estimate of drug-likeness (QED) is 0.421. The summed E-state index contributed by atoms with van der Waals surface area (Å²) in [6, 6.07) is 5.66. The Balaban J connectivity index is 1.43. The van der Waals surface area contributed by atoms with Crippen LogP contribution >= 0.6 is 0 Å². The number of carboxylic acids is 1. The Kier molecular flexibility index (Phi) is 7.62. The fraction of sp³-hybridized carbons (Fsp3) is 0.458. The van der Waals surface area contributed by atoms with Gasteiger partial charge in [0.2, 0.25) is 0 Å². The van der Waals surface area contributed by atoms with Crippen LogP contribution in [0.15, 0.2) is 36.9 Å². The third-order valence-corrected chi connectivity index (χ3v) is 5.84. The van der Waals surface area contributed by atoms with Gasteiger partial charge < -0.3 is 29.4 Å². The van der Waals surface area contributed by atoms with Gasteiger partial charge in [0.05, 0.1) is 31.3 Å². The lowest BCUT2D eigenvalue weighted by Crippen LogP contribution is -2.31. The number of aliphatic carboxylic acids is 1. The average molecular weight is 454 g/mol. The summed E-state index contributed by atoms with van der Waals surface area (Å²) in [7, 11) is 1.63. The summed E-state index contributed by atoms with van der Waals surface area (Å²) < 4.78 is 13.5. The molecule has 33 heavy (non-hydrogen) atoms. The van der Waals surface area contributed by atoms with Crippen LogP contribution in [0.5, 0.6) is 11.5 Å². The molecule has 9 nitrogen and oxygen atoms in total. The van der Waals surface area contributed by atoms with Crippen LogP contribution in [-0.4, -0.2) is 63.9 Å². The standard InChI is InChI=1S/C24H31N5O4/c1-32-21-14-19-20(15-22(21)33-13-5-10-28-8-3-2-4-9-28)25-17-26-24(19)27-18-6-11-29(16-18)12-7-23(30)31/h6,11,14-17H,2-5,7-10,12-13H2,1H3,(H,30,31)(H,25,26,27). The lowest BCUT2D eigenvalue weighted by molar-refractivity contribution is -0.137. The summed E-state index contributed by atoms with van der Waals surface area (Å²) in [5.41, 5.74) is 1.57. The molecular weight excluding hydrogens is 422 g/mol. The first-order valence-electron chi connectivity index (χ1n) is 11.4. The molecule has 0 aliphatic carbocycles. The first-order valence-corrected chi connectivity index (χ1v) is 11.4. The van der Waals surface area contributed by atoms with Gasteiger partial charge in [0, 0.05) is 36.9 Å². The number of carbonyl (C=O) groups is 1. The number of aromatic nitrogens is 3. The number of aryl methyl sites for hydroxylation is 1. The number of ether oxygens (including phenoxy) is 2. The fourth-order valence-electron chi connectivity index (χ4n) is 4.10. The van der Waals surface area contributed by atoms with Crippen molar-refractivity contribution in [1.29, 1.82) is 0 Å². The first kappa shape index (κ1) is 22.8. The molecule has 3 aromatic rings. The van der Waals surface area contributed by atoms with Crippen molar-refractivity contribution in [2.75, 3.05) is 38.7 Å². The van der Waals surface area contributed by atoms with E-state index in [-0.39, 0.29) is 6.42 Å². The molecule has 3 heterocycles. The molecule has 176 valence electrons. The van der Waals surface area contributed by atoms with Gasteiger partial charge in [-0.2, -0.15) is 0 Å². The number of carboxylic acid groups (broad SMARTS) is 1. The third-order valence-electron chi connectivity index (χ3n) is 5.84. The zero-order valence-electron chi connectivity index (χ0n) is 19.0. The number of hydrogen-bond donors (Lipinski definition) is 2. The van der Waals surface area contributed by atoms with E-state index in [1.807, 2.05) is 35.2 Å². The van der Waals surface area contributed by atoms with Crippen molar-refractivity contribution in [2.45, 2.75) is 38.6 Å². The average Bonchev–Trinajstić information content (AvgIpc) is 3.28. The predicted octanol–water partition coefficient (Wildman–Crippen LogP) is 3.91. The molecule has 1 saturated heterocycles. The molecule has 0 bridgehead atoms. The molecule has 4 rings (SSSR count). The maximum atomic E-state index is 10.8. The van der Waals surface area contributed by atoms with Crippen LogP contribution in [0, 0.1) is 0 Å². The summed E-state index contributed by atoms with van der Waals surface area (Å²) in [6.07, 6.45) is 10.2. The molecule has 1 aromatic carbocycles. The number of rotatable bonds is 11. The number of nitrogens with zero attached hydrogens (tertiary/aromatic N) is 4. The molecule has 0 saturated carbocycles. The number of methoxy groups -OCH3 is 1. The van der Waals surface area contributed by atoms with Crippen molar-refractivity contribution < 1.29 is 19.4 Å². The van der Waals surface area contributed by atoms with E-state index < -0.39 is 5.97 Å². The summed E-state index contributed by atoms with van der Waals surface area (Å²) in [4.78, 5) is 22.1. The second-order valence-electron chi connectivity index (χ2n) is 8.25. The van der Waals surface area contributed by atoms with Gasteiger partial charge in [-0.15, -0.1) is 0 Å². The second kappa shape index (κ2) is 11.0. The van der Waals surface area contributed by atoms with Crippen molar-refractivity contribution in [3.05, 3.63) is 36.9 Å². The number of hydrogen-bond acceptors (Lipinski definition) is 7. The van der Waals surface area contributed by atoms with E-state index in [1.165, 1.54) is 38.7 Å². The van der Waals surface area contributed by atoms with E-state index in [9.17, 15) is 4.79 Å². The van der Waals surface area contributed by atoms with Crippen LogP contribution in [0.4, 0.5) is 11.5 Å². The lowest BCUT2D eigenvalue weighted by Gasteiger charge is -2.26. The number of piperidine rings is 1. The van der Waals surface area contributed by atoms with Crippen molar-refractivity contribution in [3.8, 4) is 11.5 Å². The Labute approximate surface area is 193 Å². The predicted molar refractivity (Wildman–Crippen MR) is 126 cm³/mol. The second-order valence-corrected chi connectivity index (χ2v) is 8.25. The minimum absolute atomic E-state index is 0.0720. The van der Waals surface area contributed by atoms with Crippen molar-refractivity contribution >= 4 is 28.4 Å². The molecule has 1 aliphatic heterocycles. The highest BCUT2D eigenvalue weighted by Crippen LogP contribution is 2.34. The van der Waals surface area contributed by atoms with Gasteiger partial charge in [-0.25, -0.2) is 9.97 Å².